The van der Waals surface area contributed by atoms with Gasteiger partial charge in [-0.15, -0.1) is 11.3 Å². The normalized spacial score (nSPS) is 20.0. The Kier molecular flexibility index (Phi) is 5.99. The lowest BCUT2D eigenvalue weighted by Gasteiger charge is -2.37. The molecular formula is C20H26FN3O2S. The molecule has 1 aromatic heterocycles. The summed E-state index contributed by atoms with van der Waals surface area (Å²) < 4.78 is 19.8. The fraction of sp³-hybridized carbons (Fsp3) is 0.500. The van der Waals surface area contributed by atoms with E-state index >= 15 is 0 Å². The van der Waals surface area contributed by atoms with Gasteiger partial charge in [0, 0.05) is 24.0 Å². The number of likely N-dealkylation sites (tertiary alicyclic amines) is 1. The van der Waals surface area contributed by atoms with E-state index in [-0.39, 0.29) is 18.1 Å². The average molecular weight is 392 g/mol. The van der Waals surface area contributed by atoms with E-state index in [9.17, 15) is 9.18 Å². The molecule has 0 spiro atoms. The van der Waals surface area contributed by atoms with Crippen LogP contribution >= 0.6 is 11.3 Å². The summed E-state index contributed by atoms with van der Waals surface area (Å²) in [4.78, 5) is 19.1. The molecule has 5 nitrogen and oxygen atoms in total. The highest BCUT2D eigenvalue weighted by atomic mass is 32.1. The zero-order valence-corrected chi connectivity index (χ0v) is 17.0. The van der Waals surface area contributed by atoms with Crippen molar-refractivity contribution in [1.29, 1.82) is 0 Å². The van der Waals surface area contributed by atoms with E-state index in [1.807, 2.05) is 18.7 Å². The van der Waals surface area contributed by atoms with Gasteiger partial charge in [-0.1, -0.05) is 6.92 Å². The van der Waals surface area contributed by atoms with Gasteiger partial charge in [0.25, 0.3) is 5.91 Å². The Labute approximate surface area is 163 Å². The van der Waals surface area contributed by atoms with Crippen molar-refractivity contribution in [3.63, 3.8) is 0 Å². The summed E-state index contributed by atoms with van der Waals surface area (Å²) in [6.45, 7) is 8.80. The minimum Gasteiger partial charge on any atom is -0.491 e. The Morgan fingerprint density at radius 2 is 2.19 bits per heavy atom. The number of ether oxygens (including phenoxy) is 1. The van der Waals surface area contributed by atoms with E-state index < -0.39 is 5.82 Å². The fourth-order valence-electron chi connectivity index (χ4n) is 3.26. The maximum absolute atomic E-state index is 14.3. The van der Waals surface area contributed by atoms with Gasteiger partial charge in [-0.25, -0.2) is 9.37 Å². The van der Waals surface area contributed by atoms with Gasteiger partial charge in [0.05, 0.1) is 11.8 Å². The van der Waals surface area contributed by atoms with Crippen LogP contribution in [0.15, 0.2) is 23.6 Å². The predicted molar refractivity (Wildman–Crippen MR) is 106 cm³/mol. The monoisotopic (exact) mass is 391 g/mol. The van der Waals surface area contributed by atoms with Crippen LogP contribution in [0.5, 0.6) is 5.75 Å². The summed E-state index contributed by atoms with van der Waals surface area (Å²) in [5.74, 6) is 0.491. The first-order valence-corrected chi connectivity index (χ1v) is 10.2. The van der Waals surface area contributed by atoms with Crippen molar-refractivity contribution in [2.45, 2.75) is 52.7 Å². The third-order valence-electron chi connectivity index (χ3n) is 4.91. The van der Waals surface area contributed by atoms with Crippen molar-refractivity contribution in [1.82, 2.24) is 9.88 Å². The maximum atomic E-state index is 14.3. The highest BCUT2D eigenvalue weighted by molar-refractivity contribution is 7.14. The summed E-state index contributed by atoms with van der Waals surface area (Å²) in [5.41, 5.74) is 0.711. The Morgan fingerprint density at radius 1 is 1.41 bits per heavy atom. The molecule has 1 N–H and O–H groups in total. The lowest BCUT2D eigenvalue weighted by molar-refractivity contribution is 0.0546. The number of carbonyl (C=O) groups is 1. The molecule has 2 unspecified atom stereocenters. The largest absolute Gasteiger partial charge is 0.491 e. The highest BCUT2D eigenvalue weighted by Crippen LogP contribution is 2.28. The molecule has 2 heterocycles. The van der Waals surface area contributed by atoms with E-state index in [1.165, 1.54) is 17.4 Å². The van der Waals surface area contributed by atoms with Gasteiger partial charge >= 0.3 is 0 Å². The van der Waals surface area contributed by atoms with Crippen molar-refractivity contribution in [2.75, 3.05) is 11.9 Å². The molecule has 1 aromatic carbocycles. The van der Waals surface area contributed by atoms with E-state index in [4.69, 9.17) is 4.74 Å². The predicted octanol–water partition coefficient (Wildman–Crippen LogP) is 5.07. The number of anilines is 2. The first kappa shape index (κ1) is 19.6. The van der Waals surface area contributed by atoms with Gasteiger partial charge in [0.15, 0.2) is 5.13 Å². The fourth-order valence-corrected chi connectivity index (χ4v) is 3.95. The highest BCUT2D eigenvalue weighted by Gasteiger charge is 2.30. The number of amides is 1. The molecule has 7 heteroatoms. The maximum Gasteiger partial charge on any atom is 0.273 e. The molecule has 27 heavy (non-hydrogen) atoms. The summed E-state index contributed by atoms with van der Waals surface area (Å²) in [5, 5.41) is 5.18. The van der Waals surface area contributed by atoms with Crippen LogP contribution in [0.2, 0.25) is 0 Å². The Morgan fingerprint density at radius 3 is 2.89 bits per heavy atom. The number of nitrogens with zero attached hydrogens (tertiary/aromatic N) is 2. The summed E-state index contributed by atoms with van der Waals surface area (Å²) in [6.07, 6.45) is 2.14. The van der Waals surface area contributed by atoms with Crippen LogP contribution in [0.4, 0.5) is 15.2 Å². The molecule has 0 radical (unpaired) electrons. The first-order valence-electron chi connectivity index (χ1n) is 9.35. The van der Waals surface area contributed by atoms with Crippen molar-refractivity contribution < 1.29 is 13.9 Å². The Hall–Kier alpha value is -2.15. The third kappa shape index (κ3) is 4.58. The van der Waals surface area contributed by atoms with Gasteiger partial charge in [-0.3, -0.25) is 4.79 Å². The summed E-state index contributed by atoms with van der Waals surface area (Å²) in [6, 6.07) is 4.88. The van der Waals surface area contributed by atoms with Crippen LogP contribution in [0.1, 0.15) is 51.0 Å². The number of halogens is 1. The minimum atomic E-state index is -0.422. The van der Waals surface area contributed by atoms with E-state index in [0.717, 1.165) is 19.4 Å². The molecule has 1 amide bonds. The number of hydrogen-bond acceptors (Lipinski definition) is 5. The van der Waals surface area contributed by atoms with E-state index in [2.05, 4.69) is 24.1 Å². The molecule has 2 aromatic rings. The first-order chi connectivity index (χ1) is 12.8. The zero-order valence-electron chi connectivity index (χ0n) is 16.2. The van der Waals surface area contributed by atoms with Crippen LogP contribution in [0.3, 0.4) is 0 Å². The number of aromatic nitrogens is 1. The number of thiazole rings is 1. The second-order valence-electron chi connectivity index (χ2n) is 7.33. The SMILES string of the molecule is CC(C)Oc1ccc(Nc2nc(C(=O)N3CCCC(C)C3C)cs2)c(F)c1. The summed E-state index contributed by atoms with van der Waals surface area (Å²) in [7, 11) is 0. The zero-order chi connectivity index (χ0) is 19.6. The quantitative estimate of drug-likeness (QED) is 0.773. The average Bonchev–Trinajstić information content (AvgIpc) is 3.07. The molecule has 3 rings (SSSR count). The van der Waals surface area contributed by atoms with Crippen molar-refractivity contribution in [3.05, 3.63) is 35.1 Å². The molecule has 146 valence electrons. The van der Waals surface area contributed by atoms with E-state index in [1.54, 1.807) is 17.5 Å². The van der Waals surface area contributed by atoms with Gasteiger partial charge in [0.1, 0.15) is 17.3 Å². The lowest BCUT2D eigenvalue weighted by atomic mass is 9.92. The van der Waals surface area contributed by atoms with Crippen molar-refractivity contribution in [2.24, 2.45) is 5.92 Å². The minimum absolute atomic E-state index is 0.0179. The molecule has 2 atom stereocenters. The number of carbonyl (C=O) groups excluding carboxylic acids is 1. The molecule has 1 aliphatic heterocycles. The second kappa shape index (κ2) is 8.25. The standard InChI is InChI=1S/C20H26FN3O2S/c1-12(2)26-15-7-8-17(16(21)10-15)22-20-23-18(11-27-20)19(25)24-9-5-6-13(3)14(24)4/h7-8,10-14H,5-6,9H2,1-4H3,(H,22,23). The smallest absolute Gasteiger partial charge is 0.273 e. The number of benzene rings is 1. The molecule has 1 aliphatic rings. The second-order valence-corrected chi connectivity index (χ2v) is 8.19. The Bertz CT molecular complexity index is 808. The molecule has 0 saturated carbocycles. The lowest BCUT2D eigenvalue weighted by Crippen LogP contribution is -2.46. The van der Waals surface area contributed by atoms with Gasteiger partial charge in [0.2, 0.25) is 0 Å². The van der Waals surface area contributed by atoms with Gasteiger partial charge in [-0.05, 0) is 51.7 Å². The van der Waals surface area contributed by atoms with E-state index in [0.29, 0.717) is 28.2 Å². The molecule has 1 fully saturated rings. The van der Waals surface area contributed by atoms with Crippen LogP contribution in [-0.2, 0) is 0 Å². The number of piperidine rings is 1. The molecular weight excluding hydrogens is 365 g/mol. The number of hydrogen-bond donors (Lipinski definition) is 1. The number of rotatable bonds is 5. The Balaban J connectivity index is 1.70. The number of nitrogens with one attached hydrogen (secondary N) is 1. The topological polar surface area (TPSA) is 54.5 Å². The van der Waals surface area contributed by atoms with Crippen LogP contribution in [-0.4, -0.2) is 34.5 Å². The molecule has 0 aliphatic carbocycles. The van der Waals surface area contributed by atoms with Crippen LogP contribution in [0, 0.1) is 11.7 Å². The van der Waals surface area contributed by atoms with Gasteiger partial charge < -0.3 is 15.0 Å². The van der Waals surface area contributed by atoms with Crippen molar-refractivity contribution in [3.8, 4) is 5.75 Å². The molecule has 0 bridgehead atoms. The van der Waals surface area contributed by atoms with Crippen LogP contribution < -0.4 is 10.1 Å². The van der Waals surface area contributed by atoms with Gasteiger partial charge in [-0.2, -0.15) is 0 Å². The van der Waals surface area contributed by atoms with Crippen molar-refractivity contribution >= 4 is 28.1 Å². The summed E-state index contributed by atoms with van der Waals surface area (Å²) >= 11 is 1.29. The third-order valence-corrected chi connectivity index (χ3v) is 5.67. The molecule has 1 saturated heterocycles. The van der Waals surface area contributed by atoms with Crippen LogP contribution in [0.25, 0.3) is 0 Å².